The van der Waals surface area contributed by atoms with E-state index in [0.717, 1.165) is 24.1 Å². The number of amides is 2. The first-order valence-corrected chi connectivity index (χ1v) is 8.53. The molecule has 1 aromatic rings. The van der Waals surface area contributed by atoms with Crippen molar-refractivity contribution >= 4 is 23.3 Å². The summed E-state index contributed by atoms with van der Waals surface area (Å²) in [6.45, 7) is 6.03. The van der Waals surface area contributed by atoms with Crippen LogP contribution in [-0.4, -0.2) is 23.6 Å². The molecule has 0 spiro atoms. The van der Waals surface area contributed by atoms with Crippen molar-refractivity contribution in [3.8, 4) is 0 Å². The molecule has 0 aromatic carbocycles. The average molecular weight is 324 g/mol. The lowest BCUT2D eigenvalue weighted by Gasteiger charge is -2.24. The molecule has 1 saturated carbocycles. The van der Waals surface area contributed by atoms with Gasteiger partial charge in [-0.1, -0.05) is 12.5 Å². The maximum absolute atomic E-state index is 12.3. The minimum atomic E-state index is -0.528. The SMILES string of the molecule is CC(C)(C)OC(=O)N[C@H]1CCC[C@H]1C(=O)NCc1cccs1. The molecule has 1 aliphatic rings. The highest BCUT2D eigenvalue weighted by Crippen LogP contribution is 2.26. The Morgan fingerprint density at radius 1 is 1.36 bits per heavy atom. The van der Waals surface area contributed by atoms with Gasteiger partial charge in [0.2, 0.25) is 5.91 Å². The number of nitrogens with one attached hydrogen (secondary N) is 2. The molecule has 0 radical (unpaired) electrons. The van der Waals surface area contributed by atoms with E-state index in [1.54, 1.807) is 11.3 Å². The largest absolute Gasteiger partial charge is 0.444 e. The van der Waals surface area contributed by atoms with Gasteiger partial charge in [0.1, 0.15) is 5.60 Å². The van der Waals surface area contributed by atoms with Crippen LogP contribution in [0.3, 0.4) is 0 Å². The maximum Gasteiger partial charge on any atom is 0.407 e. The third kappa shape index (κ3) is 5.02. The molecule has 2 rings (SSSR count). The molecule has 1 fully saturated rings. The zero-order valence-electron chi connectivity index (χ0n) is 13.3. The Bertz CT molecular complexity index is 508. The second-order valence-electron chi connectivity index (χ2n) is 6.59. The Labute approximate surface area is 135 Å². The molecule has 0 unspecified atom stereocenters. The lowest BCUT2D eigenvalue weighted by molar-refractivity contribution is -0.125. The van der Waals surface area contributed by atoms with Gasteiger partial charge in [0, 0.05) is 10.9 Å². The highest BCUT2D eigenvalue weighted by molar-refractivity contribution is 7.09. The minimum absolute atomic E-state index is 0.00644. The van der Waals surface area contributed by atoms with Gasteiger partial charge in [0.15, 0.2) is 0 Å². The number of carbonyl (C=O) groups is 2. The summed E-state index contributed by atoms with van der Waals surface area (Å²) in [5.41, 5.74) is -0.528. The van der Waals surface area contributed by atoms with Gasteiger partial charge in [-0.2, -0.15) is 0 Å². The van der Waals surface area contributed by atoms with Crippen molar-refractivity contribution < 1.29 is 14.3 Å². The molecule has 2 atom stereocenters. The van der Waals surface area contributed by atoms with Gasteiger partial charge in [-0.25, -0.2) is 4.79 Å². The predicted octanol–water partition coefficient (Wildman–Crippen LogP) is 3.06. The van der Waals surface area contributed by atoms with Crippen molar-refractivity contribution in [2.45, 2.75) is 58.2 Å². The Hall–Kier alpha value is -1.56. The normalized spacial score (nSPS) is 21.4. The summed E-state index contributed by atoms with van der Waals surface area (Å²) in [5, 5.41) is 7.79. The van der Waals surface area contributed by atoms with Crippen LogP contribution in [0.2, 0.25) is 0 Å². The lowest BCUT2D eigenvalue weighted by atomic mass is 10.0. The minimum Gasteiger partial charge on any atom is -0.444 e. The Morgan fingerprint density at radius 2 is 2.14 bits per heavy atom. The highest BCUT2D eigenvalue weighted by Gasteiger charge is 2.34. The summed E-state index contributed by atoms with van der Waals surface area (Å²) in [6, 6.07) is 3.82. The summed E-state index contributed by atoms with van der Waals surface area (Å²) >= 11 is 1.62. The number of rotatable bonds is 4. The van der Waals surface area contributed by atoms with Crippen molar-refractivity contribution in [3.63, 3.8) is 0 Å². The Balaban J connectivity index is 1.84. The summed E-state index contributed by atoms with van der Waals surface area (Å²) < 4.78 is 5.27. The summed E-state index contributed by atoms with van der Waals surface area (Å²) in [5.74, 6) is -0.167. The van der Waals surface area contributed by atoms with Gasteiger partial charge >= 0.3 is 6.09 Å². The first kappa shape index (κ1) is 16.8. The van der Waals surface area contributed by atoms with Crippen LogP contribution in [0.25, 0.3) is 0 Å². The van der Waals surface area contributed by atoms with E-state index in [4.69, 9.17) is 4.74 Å². The van der Waals surface area contributed by atoms with E-state index >= 15 is 0 Å². The van der Waals surface area contributed by atoms with E-state index < -0.39 is 11.7 Å². The van der Waals surface area contributed by atoms with E-state index in [2.05, 4.69) is 10.6 Å². The van der Waals surface area contributed by atoms with Crippen molar-refractivity contribution in [2.75, 3.05) is 0 Å². The number of thiophene rings is 1. The van der Waals surface area contributed by atoms with E-state index in [1.807, 2.05) is 38.3 Å². The molecular formula is C16H24N2O3S. The molecule has 5 nitrogen and oxygen atoms in total. The quantitative estimate of drug-likeness (QED) is 0.894. The molecule has 6 heteroatoms. The third-order valence-corrected chi connectivity index (χ3v) is 4.45. The van der Waals surface area contributed by atoms with Crippen molar-refractivity contribution in [2.24, 2.45) is 5.92 Å². The van der Waals surface area contributed by atoms with Crippen LogP contribution >= 0.6 is 11.3 Å². The summed E-state index contributed by atoms with van der Waals surface area (Å²) in [4.78, 5) is 25.3. The van der Waals surface area contributed by atoms with E-state index in [1.165, 1.54) is 0 Å². The van der Waals surface area contributed by atoms with Gasteiger partial charge in [-0.05, 0) is 45.1 Å². The highest BCUT2D eigenvalue weighted by atomic mass is 32.1. The lowest BCUT2D eigenvalue weighted by Crippen LogP contribution is -2.45. The maximum atomic E-state index is 12.3. The van der Waals surface area contributed by atoms with E-state index in [9.17, 15) is 9.59 Å². The molecule has 1 heterocycles. The van der Waals surface area contributed by atoms with Gasteiger partial charge < -0.3 is 15.4 Å². The second-order valence-corrected chi connectivity index (χ2v) is 7.62. The van der Waals surface area contributed by atoms with Crippen LogP contribution in [0.15, 0.2) is 17.5 Å². The van der Waals surface area contributed by atoms with E-state index in [0.29, 0.717) is 6.54 Å². The molecule has 2 N–H and O–H groups in total. The molecule has 0 aliphatic heterocycles. The van der Waals surface area contributed by atoms with Gasteiger partial charge in [-0.3, -0.25) is 4.79 Å². The fourth-order valence-corrected chi connectivity index (χ4v) is 3.27. The molecule has 1 aliphatic carbocycles. The first-order chi connectivity index (χ1) is 10.3. The van der Waals surface area contributed by atoms with Crippen LogP contribution in [0.1, 0.15) is 44.9 Å². The molecular weight excluding hydrogens is 300 g/mol. The van der Waals surface area contributed by atoms with Crippen LogP contribution in [-0.2, 0) is 16.1 Å². The zero-order chi connectivity index (χ0) is 16.2. The molecule has 0 saturated heterocycles. The number of carbonyl (C=O) groups excluding carboxylic acids is 2. The Kier molecular flexibility index (Phi) is 5.45. The predicted molar refractivity (Wildman–Crippen MR) is 86.7 cm³/mol. The number of ether oxygens (including phenoxy) is 1. The van der Waals surface area contributed by atoms with Crippen LogP contribution < -0.4 is 10.6 Å². The number of alkyl carbamates (subject to hydrolysis) is 1. The summed E-state index contributed by atoms with van der Waals surface area (Å²) in [7, 11) is 0. The van der Waals surface area contributed by atoms with Crippen LogP contribution in [0.5, 0.6) is 0 Å². The molecule has 0 bridgehead atoms. The van der Waals surface area contributed by atoms with Gasteiger partial charge in [-0.15, -0.1) is 11.3 Å². The number of hydrogen-bond acceptors (Lipinski definition) is 4. The molecule has 22 heavy (non-hydrogen) atoms. The zero-order valence-corrected chi connectivity index (χ0v) is 14.2. The molecule has 1 aromatic heterocycles. The first-order valence-electron chi connectivity index (χ1n) is 7.65. The molecule has 122 valence electrons. The van der Waals surface area contributed by atoms with Gasteiger partial charge in [0.25, 0.3) is 0 Å². The fraction of sp³-hybridized carbons (Fsp3) is 0.625. The van der Waals surface area contributed by atoms with Crippen molar-refractivity contribution in [3.05, 3.63) is 22.4 Å². The fourth-order valence-electron chi connectivity index (χ4n) is 2.62. The summed E-state index contributed by atoms with van der Waals surface area (Å²) in [6.07, 6.45) is 2.11. The smallest absolute Gasteiger partial charge is 0.407 e. The number of hydrogen-bond donors (Lipinski definition) is 2. The van der Waals surface area contributed by atoms with Crippen molar-refractivity contribution in [1.29, 1.82) is 0 Å². The Morgan fingerprint density at radius 3 is 2.77 bits per heavy atom. The average Bonchev–Trinajstić information content (AvgIpc) is 3.04. The second kappa shape index (κ2) is 7.13. The standard InChI is InChI=1S/C16H24N2O3S/c1-16(2,3)21-15(20)18-13-8-4-7-12(13)14(19)17-10-11-6-5-9-22-11/h5-6,9,12-13H,4,7-8,10H2,1-3H3,(H,17,19)(H,18,20)/t12-,13+/m1/s1. The monoisotopic (exact) mass is 324 g/mol. The topological polar surface area (TPSA) is 67.4 Å². The molecule has 2 amide bonds. The van der Waals surface area contributed by atoms with Crippen molar-refractivity contribution in [1.82, 2.24) is 10.6 Å². The van der Waals surface area contributed by atoms with Gasteiger partial charge in [0.05, 0.1) is 12.5 Å². The van der Waals surface area contributed by atoms with Crippen LogP contribution in [0, 0.1) is 5.92 Å². The third-order valence-electron chi connectivity index (χ3n) is 3.57. The van der Waals surface area contributed by atoms with Crippen LogP contribution in [0.4, 0.5) is 4.79 Å². The van der Waals surface area contributed by atoms with E-state index in [-0.39, 0.29) is 17.9 Å².